The zero-order valence-electron chi connectivity index (χ0n) is 16.4. The van der Waals surface area contributed by atoms with E-state index in [4.69, 9.17) is 4.42 Å². The van der Waals surface area contributed by atoms with Crippen LogP contribution in [0, 0.1) is 13.8 Å². The Labute approximate surface area is 164 Å². The Kier molecular flexibility index (Phi) is 3.14. The number of para-hydroxylation sites is 1. The van der Waals surface area contributed by atoms with Crippen molar-refractivity contribution >= 4 is 33.4 Å². The largest absolute Gasteiger partial charge is 0.436 e. The topological polar surface area (TPSA) is 32.5 Å². The smallest absolute Gasteiger partial charge is 0.227 e. The minimum Gasteiger partial charge on any atom is -0.436 e. The van der Waals surface area contributed by atoms with Crippen LogP contribution in [0.4, 0.5) is 11.4 Å². The molecule has 2 atom stereocenters. The van der Waals surface area contributed by atoms with E-state index < -0.39 is 0 Å². The highest BCUT2D eigenvalue weighted by atomic mass is 16.3. The van der Waals surface area contributed by atoms with E-state index in [1.54, 1.807) is 0 Å². The van der Waals surface area contributed by atoms with Gasteiger partial charge in [0.25, 0.3) is 0 Å². The third-order valence-corrected chi connectivity index (χ3v) is 6.49. The molecule has 1 unspecified atom stereocenters. The number of hydrogen-bond donors (Lipinski definition) is 0. The van der Waals surface area contributed by atoms with Crippen LogP contribution in [0.25, 0.3) is 22.1 Å². The lowest BCUT2D eigenvalue weighted by molar-refractivity contribution is 0.630. The molecule has 4 aromatic rings. The molecule has 0 radical (unpaired) electrons. The maximum Gasteiger partial charge on any atom is 0.227 e. The van der Waals surface area contributed by atoms with Gasteiger partial charge in [0.15, 0.2) is 5.58 Å². The van der Waals surface area contributed by atoms with E-state index in [0.29, 0.717) is 12.2 Å². The first-order valence-corrected chi connectivity index (χ1v) is 10.0. The SMILES string of the molecule is Cc1ccc2c(n1)oc1c(N3C4Cc5ccccc5N(C4)[C@@H]3C)c(C)ccc12. The van der Waals surface area contributed by atoms with Crippen LogP contribution in [0.1, 0.15) is 23.7 Å². The molecule has 140 valence electrons. The highest BCUT2D eigenvalue weighted by molar-refractivity contribution is 6.08. The predicted molar refractivity (Wildman–Crippen MR) is 114 cm³/mol. The van der Waals surface area contributed by atoms with Crippen LogP contribution in [0.15, 0.2) is 52.9 Å². The molecule has 0 spiro atoms. The van der Waals surface area contributed by atoms with Crippen molar-refractivity contribution in [2.45, 2.75) is 39.4 Å². The Morgan fingerprint density at radius 2 is 1.82 bits per heavy atom. The van der Waals surface area contributed by atoms with Crippen LogP contribution in [0.3, 0.4) is 0 Å². The molecule has 2 aromatic carbocycles. The molecule has 2 aliphatic rings. The minimum atomic E-state index is 0.292. The number of pyridine rings is 1. The lowest BCUT2D eigenvalue weighted by Gasteiger charge is -2.30. The first-order valence-electron chi connectivity index (χ1n) is 10.0. The van der Waals surface area contributed by atoms with Crippen molar-refractivity contribution in [3.8, 4) is 0 Å². The second-order valence-corrected chi connectivity index (χ2v) is 8.19. The van der Waals surface area contributed by atoms with Crippen LogP contribution in [0.5, 0.6) is 0 Å². The average molecular weight is 369 g/mol. The molecule has 4 heterocycles. The first-order chi connectivity index (χ1) is 13.6. The maximum absolute atomic E-state index is 6.36. The van der Waals surface area contributed by atoms with E-state index in [0.717, 1.165) is 40.7 Å². The van der Waals surface area contributed by atoms with E-state index in [1.807, 2.05) is 6.92 Å². The molecule has 6 rings (SSSR count). The van der Waals surface area contributed by atoms with Gasteiger partial charge in [-0.1, -0.05) is 30.3 Å². The molecule has 28 heavy (non-hydrogen) atoms. The Balaban J connectivity index is 1.57. The average Bonchev–Trinajstić information content (AvgIpc) is 3.17. The Bertz CT molecular complexity index is 1240. The molecule has 1 fully saturated rings. The predicted octanol–water partition coefficient (Wildman–Crippen LogP) is 5.20. The molecule has 0 amide bonds. The quantitative estimate of drug-likeness (QED) is 0.462. The van der Waals surface area contributed by atoms with Gasteiger partial charge in [0.05, 0.1) is 17.9 Å². The van der Waals surface area contributed by atoms with Gasteiger partial charge in [0.2, 0.25) is 5.71 Å². The molecule has 4 heteroatoms. The molecular weight excluding hydrogens is 346 g/mol. The number of anilines is 2. The van der Waals surface area contributed by atoms with Crippen LogP contribution in [-0.2, 0) is 6.42 Å². The zero-order chi connectivity index (χ0) is 19.0. The molecule has 1 saturated heterocycles. The summed E-state index contributed by atoms with van der Waals surface area (Å²) in [6.07, 6.45) is 1.37. The van der Waals surface area contributed by atoms with Gasteiger partial charge >= 0.3 is 0 Å². The molecule has 0 N–H and O–H groups in total. The number of benzene rings is 2. The van der Waals surface area contributed by atoms with Crippen LogP contribution < -0.4 is 9.80 Å². The normalized spacial score (nSPS) is 21.0. The van der Waals surface area contributed by atoms with E-state index in [9.17, 15) is 0 Å². The summed E-state index contributed by atoms with van der Waals surface area (Å²) < 4.78 is 6.36. The van der Waals surface area contributed by atoms with Crippen LogP contribution in [-0.4, -0.2) is 23.7 Å². The lowest BCUT2D eigenvalue weighted by Crippen LogP contribution is -2.38. The fourth-order valence-corrected chi connectivity index (χ4v) is 5.19. The second-order valence-electron chi connectivity index (χ2n) is 8.19. The molecule has 0 saturated carbocycles. The fraction of sp³-hybridized carbons (Fsp3) is 0.292. The fourth-order valence-electron chi connectivity index (χ4n) is 5.19. The van der Waals surface area contributed by atoms with Gasteiger partial charge in [-0.3, -0.25) is 0 Å². The summed E-state index contributed by atoms with van der Waals surface area (Å²) in [6.45, 7) is 7.57. The third-order valence-electron chi connectivity index (χ3n) is 6.49. The summed E-state index contributed by atoms with van der Waals surface area (Å²) in [6, 6.07) is 17.9. The monoisotopic (exact) mass is 369 g/mol. The van der Waals surface area contributed by atoms with E-state index in [1.165, 1.54) is 22.5 Å². The summed E-state index contributed by atoms with van der Waals surface area (Å²) in [7, 11) is 0. The second kappa shape index (κ2) is 5.51. The summed E-state index contributed by atoms with van der Waals surface area (Å²) in [5, 5.41) is 2.25. The summed E-state index contributed by atoms with van der Waals surface area (Å²) in [5.41, 5.74) is 7.99. The Morgan fingerprint density at radius 1 is 1.00 bits per heavy atom. The molecule has 4 nitrogen and oxygen atoms in total. The number of hydrogen-bond acceptors (Lipinski definition) is 4. The summed E-state index contributed by atoms with van der Waals surface area (Å²) in [4.78, 5) is 9.74. The van der Waals surface area contributed by atoms with Gasteiger partial charge in [-0.2, -0.15) is 0 Å². The van der Waals surface area contributed by atoms with Gasteiger partial charge < -0.3 is 14.2 Å². The molecule has 2 aliphatic heterocycles. The Hall–Kier alpha value is -3.01. The lowest BCUT2D eigenvalue weighted by atomic mass is 9.99. The number of fused-ring (bicyclic) bond motifs is 7. The van der Waals surface area contributed by atoms with E-state index in [2.05, 4.69) is 77.2 Å². The summed E-state index contributed by atoms with van der Waals surface area (Å²) in [5.74, 6) is 0. The molecular formula is C24H23N3O. The number of nitrogens with zero attached hydrogens (tertiary/aromatic N) is 3. The first kappa shape index (κ1) is 16.0. The van der Waals surface area contributed by atoms with Gasteiger partial charge in [-0.15, -0.1) is 0 Å². The van der Waals surface area contributed by atoms with Crippen molar-refractivity contribution in [2.24, 2.45) is 0 Å². The number of rotatable bonds is 1. The van der Waals surface area contributed by atoms with Gasteiger partial charge in [0, 0.05) is 28.7 Å². The van der Waals surface area contributed by atoms with Gasteiger partial charge in [0.1, 0.15) is 0 Å². The van der Waals surface area contributed by atoms with Crippen molar-refractivity contribution in [1.82, 2.24) is 4.98 Å². The molecule has 2 bridgehead atoms. The van der Waals surface area contributed by atoms with Crippen molar-refractivity contribution in [2.75, 3.05) is 16.3 Å². The third kappa shape index (κ3) is 2.03. The van der Waals surface area contributed by atoms with Crippen molar-refractivity contribution < 1.29 is 4.42 Å². The minimum absolute atomic E-state index is 0.292. The van der Waals surface area contributed by atoms with Crippen molar-refractivity contribution in [3.05, 3.63) is 65.4 Å². The Morgan fingerprint density at radius 3 is 2.71 bits per heavy atom. The zero-order valence-corrected chi connectivity index (χ0v) is 16.4. The number of aromatic nitrogens is 1. The van der Waals surface area contributed by atoms with E-state index >= 15 is 0 Å². The highest BCUT2D eigenvalue weighted by Crippen LogP contribution is 2.44. The van der Waals surface area contributed by atoms with Crippen LogP contribution in [0.2, 0.25) is 0 Å². The van der Waals surface area contributed by atoms with Crippen LogP contribution >= 0.6 is 0 Å². The number of aryl methyl sites for hydroxylation is 2. The van der Waals surface area contributed by atoms with Gasteiger partial charge in [-0.05, 0) is 56.5 Å². The van der Waals surface area contributed by atoms with Crippen molar-refractivity contribution in [3.63, 3.8) is 0 Å². The maximum atomic E-state index is 6.36. The molecule has 0 aliphatic carbocycles. The number of furan rings is 1. The highest BCUT2D eigenvalue weighted by Gasteiger charge is 2.42. The summed E-state index contributed by atoms with van der Waals surface area (Å²) >= 11 is 0. The molecule has 2 aromatic heterocycles. The van der Waals surface area contributed by atoms with E-state index in [-0.39, 0.29) is 0 Å². The standard InChI is InChI=1S/C24H23N3O/c1-14-8-10-19-20-11-9-15(2)25-24(20)28-23(19)22(14)27-16(3)26-13-18(27)12-17-6-4-5-7-21(17)26/h4-11,16,18H,12-13H2,1-3H3/t16-,18?/m0/s1. The van der Waals surface area contributed by atoms with Gasteiger partial charge in [-0.25, -0.2) is 4.98 Å². The van der Waals surface area contributed by atoms with Crippen molar-refractivity contribution in [1.29, 1.82) is 0 Å².